The standard InChI is InChI=1S/C10H12N4O3/c1-6(9-12-5-13-14-9)11-4-7-2-3-8(17-7)10(15)16/h2-3,5-6,11H,4H2,1H3,(H,15,16)(H,12,13,14). The number of carbonyl (C=O) groups is 1. The van der Waals surface area contributed by atoms with Gasteiger partial charge in [0.05, 0.1) is 12.6 Å². The average Bonchev–Trinajstić information content (AvgIpc) is 2.97. The maximum Gasteiger partial charge on any atom is 0.371 e. The molecule has 1 unspecified atom stereocenters. The van der Waals surface area contributed by atoms with Crippen molar-refractivity contribution in [1.82, 2.24) is 20.5 Å². The molecule has 0 saturated heterocycles. The van der Waals surface area contributed by atoms with Crippen LogP contribution < -0.4 is 5.32 Å². The lowest BCUT2D eigenvalue weighted by Crippen LogP contribution is -2.18. The Labute approximate surface area is 96.9 Å². The molecule has 2 aromatic heterocycles. The van der Waals surface area contributed by atoms with E-state index < -0.39 is 5.97 Å². The number of H-pyrrole nitrogens is 1. The first-order chi connectivity index (χ1) is 8.16. The molecule has 2 aromatic rings. The van der Waals surface area contributed by atoms with E-state index >= 15 is 0 Å². The molecule has 0 aromatic carbocycles. The van der Waals surface area contributed by atoms with Gasteiger partial charge in [-0.25, -0.2) is 9.78 Å². The predicted octanol–water partition coefficient (Wildman–Crippen LogP) is 0.947. The van der Waals surface area contributed by atoms with Crippen molar-refractivity contribution in [2.45, 2.75) is 19.5 Å². The van der Waals surface area contributed by atoms with Gasteiger partial charge in [-0.15, -0.1) is 0 Å². The van der Waals surface area contributed by atoms with Crippen molar-refractivity contribution in [2.75, 3.05) is 0 Å². The molecule has 17 heavy (non-hydrogen) atoms. The van der Waals surface area contributed by atoms with Gasteiger partial charge in [-0.2, -0.15) is 5.10 Å². The first-order valence-corrected chi connectivity index (χ1v) is 5.07. The zero-order valence-corrected chi connectivity index (χ0v) is 9.17. The van der Waals surface area contributed by atoms with Crippen molar-refractivity contribution in [3.63, 3.8) is 0 Å². The molecule has 0 spiro atoms. The number of nitrogens with zero attached hydrogens (tertiary/aromatic N) is 2. The number of aromatic amines is 1. The van der Waals surface area contributed by atoms with E-state index in [0.717, 1.165) is 5.82 Å². The Morgan fingerprint density at radius 2 is 2.47 bits per heavy atom. The SMILES string of the molecule is CC(NCc1ccc(C(=O)O)o1)c1ncn[nH]1. The van der Waals surface area contributed by atoms with Crippen LogP contribution in [0.25, 0.3) is 0 Å². The van der Waals surface area contributed by atoms with Crippen LogP contribution in [0.15, 0.2) is 22.9 Å². The summed E-state index contributed by atoms with van der Waals surface area (Å²) in [6.45, 7) is 2.34. The maximum atomic E-state index is 10.6. The molecule has 0 amide bonds. The Morgan fingerprint density at radius 1 is 1.65 bits per heavy atom. The summed E-state index contributed by atoms with van der Waals surface area (Å²) < 4.78 is 5.10. The maximum absolute atomic E-state index is 10.6. The average molecular weight is 236 g/mol. The highest BCUT2D eigenvalue weighted by Crippen LogP contribution is 2.10. The Hall–Kier alpha value is -2.15. The number of aromatic carboxylic acids is 1. The van der Waals surface area contributed by atoms with Gasteiger partial charge < -0.3 is 14.8 Å². The lowest BCUT2D eigenvalue weighted by Gasteiger charge is -2.08. The monoisotopic (exact) mass is 236 g/mol. The van der Waals surface area contributed by atoms with Crippen LogP contribution in [-0.2, 0) is 6.54 Å². The number of carboxylic acids is 1. The lowest BCUT2D eigenvalue weighted by atomic mass is 10.3. The van der Waals surface area contributed by atoms with Crippen molar-refractivity contribution in [3.05, 3.63) is 35.8 Å². The summed E-state index contributed by atoms with van der Waals surface area (Å²) >= 11 is 0. The molecule has 0 bridgehead atoms. The quantitative estimate of drug-likeness (QED) is 0.713. The minimum Gasteiger partial charge on any atom is -0.475 e. The highest BCUT2D eigenvalue weighted by molar-refractivity contribution is 5.84. The third kappa shape index (κ3) is 2.70. The van der Waals surface area contributed by atoms with Crippen molar-refractivity contribution in [2.24, 2.45) is 0 Å². The molecule has 3 N–H and O–H groups in total. The molecule has 2 heterocycles. The smallest absolute Gasteiger partial charge is 0.371 e. The Morgan fingerprint density at radius 3 is 3.06 bits per heavy atom. The summed E-state index contributed by atoms with van der Waals surface area (Å²) in [6.07, 6.45) is 1.43. The lowest BCUT2D eigenvalue weighted by molar-refractivity contribution is 0.0660. The van der Waals surface area contributed by atoms with Crippen LogP contribution in [0, 0.1) is 0 Å². The molecule has 7 nitrogen and oxygen atoms in total. The second-order valence-corrected chi connectivity index (χ2v) is 3.54. The van der Waals surface area contributed by atoms with Gasteiger partial charge in [0.1, 0.15) is 17.9 Å². The zero-order chi connectivity index (χ0) is 12.3. The van der Waals surface area contributed by atoms with E-state index in [1.807, 2.05) is 6.92 Å². The van der Waals surface area contributed by atoms with Crippen LogP contribution in [0.4, 0.5) is 0 Å². The molecule has 0 aliphatic rings. The van der Waals surface area contributed by atoms with E-state index in [1.165, 1.54) is 12.4 Å². The number of hydrogen-bond donors (Lipinski definition) is 3. The van der Waals surface area contributed by atoms with Gasteiger partial charge in [0, 0.05) is 0 Å². The number of aromatic nitrogens is 3. The van der Waals surface area contributed by atoms with Gasteiger partial charge in [0.15, 0.2) is 0 Å². The molecule has 0 aliphatic carbocycles. The van der Waals surface area contributed by atoms with E-state index in [-0.39, 0.29) is 11.8 Å². The Balaban J connectivity index is 1.91. The van der Waals surface area contributed by atoms with Crippen LogP contribution in [0.1, 0.15) is 35.1 Å². The summed E-state index contributed by atoms with van der Waals surface area (Å²) in [6, 6.07) is 3.04. The predicted molar refractivity (Wildman–Crippen MR) is 57.3 cm³/mol. The van der Waals surface area contributed by atoms with E-state index in [2.05, 4.69) is 20.5 Å². The number of furan rings is 1. The van der Waals surface area contributed by atoms with Crippen LogP contribution in [0.5, 0.6) is 0 Å². The van der Waals surface area contributed by atoms with Crippen molar-refractivity contribution >= 4 is 5.97 Å². The van der Waals surface area contributed by atoms with Gasteiger partial charge in [0.25, 0.3) is 0 Å². The van der Waals surface area contributed by atoms with Gasteiger partial charge in [-0.3, -0.25) is 5.10 Å². The molecule has 0 saturated carbocycles. The number of hydrogen-bond acceptors (Lipinski definition) is 5. The van der Waals surface area contributed by atoms with Crippen LogP contribution in [-0.4, -0.2) is 26.3 Å². The van der Waals surface area contributed by atoms with E-state index in [0.29, 0.717) is 12.3 Å². The fourth-order valence-electron chi connectivity index (χ4n) is 1.36. The molecule has 0 fully saturated rings. The molecular weight excluding hydrogens is 224 g/mol. The number of nitrogens with one attached hydrogen (secondary N) is 2. The molecule has 0 aliphatic heterocycles. The van der Waals surface area contributed by atoms with Crippen LogP contribution in [0.2, 0.25) is 0 Å². The molecule has 1 atom stereocenters. The third-order valence-electron chi connectivity index (χ3n) is 2.30. The van der Waals surface area contributed by atoms with Crippen LogP contribution in [0.3, 0.4) is 0 Å². The second kappa shape index (κ2) is 4.79. The third-order valence-corrected chi connectivity index (χ3v) is 2.30. The highest BCUT2D eigenvalue weighted by Gasteiger charge is 2.11. The summed E-state index contributed by atoms with van der Waals surface area (Å²) in [4.78, 5) is 14.6. The highest BCUT2D eigenvalue weighted by atomic mass is 16.4. The van der Waals surface area contributed by atoms with Gasteiger partial charge in [-0.05, 0) is 19.1 Å². The normalized spacial score (nSPS) is 12.5. The largest absolute Gasteiger partial charge is 0.475 e. The summed E-state index contributed by atoms with van der Waals surface area (Å²) in [5.41, 5.74) is 0. The summed E-state index contributed by atoms with van der Waals surface area (Å²) in [7, 11) is 0. The van der Waals surface area contributed by atoms with Crippen LogP contribution >= 0.6 is 0 Å². The Kier molecular flexibility index (Phi) is 3.20. The fraction of sp³-hybridized carbons (Fsp3) is 0.300. The topological polar surface area (TPSA) is 104 Å². The fourth-order valence-corrected chi connectivity index (χ4v) is 1.36. The van der Waals surface area contributed by atoms with Crippen molar-refractivity contribution in [1.29, 1.82) is 0 Å². The molecular formula is C10H12N4O3. The van der Waals surface area contributed by atoms with E-state index in [9.17, 15) is 4.79 Å². The first-order valence-electron chi connectivity index (χ1n) is 5.07. The molecule has 0 radical (unpaired) electrons. The van der Waals surface area contributed by atoms with Crippen molar-refractivity contribution < 1.29 is 14.3 Å². The number of carboxylic acid groups (broad SMARTS) is 1. The second-order valence-electron chi connectivity index (χ2n) is 3.54. The van der Waals surface area contributed by atoms with Crippen molar-refractivity contribution in [3.8, 4) is 0 Å². The van der Waals surface area contributed by atoms with E-state index in [4.69, 9.17) is 9.52 Å². The minimum absolute atomic E-state index is 0.0177. The summed E-state index contributed by atoms with van der Waals surface area (Å²) in [5, 5.41) is 18.3. The molecule has 2 rings (SSSR count). The van der Waals surface area contributed by atoms with Gasteiger partial charge in [0.2, 0.25) is 5.76 Å². The number of rotatable bonds is 5. The summed E-state index contributed by atoms with van der Waals surface area (Å²) in [5.74, 6) is 0.150. The molecule has 7 heteroatoms. The molecule has 90 valence electrons. The minimum atomic E-state index is -1.07. The first kappa shape index (κ1) is 11.3. The zero-order valence-electron chi connectivity index (χ0n) is 9.17. The van der Waals surface area contributed by atoms with Gasteiger partial charge in [-0.1, -0.05) is 0 Å². The Bertz CT molecular complexity index is 491. The van der Waals surface area contributed by atoms with Gasteiger partial charge >= 0.3 is 5.97 Å². The van der Waals surface area contributed by atoms with E-state index in [1.54, 1.807) is 6.07 Å².